The summed E-state index contributed by atoms with van der Waals surface area (Å²) in [6.45, 7) is 2.87. The third-order valence-corrected chi connectivity index (χ3v) is 3.57. The Kier molecular flexibility index (Phi) is 3.57. The highest BCUT2D eigenvalue weighted by atomic mass is 35.5. The summed E-state index contributed by atoms with van der Waals surface area (Å²) in [5.74, 6) is 0. The minimum absolute atomic E-state index is 0.752. The molecule has 0 unspecified atom stereocenters. The van der Waals surface area contributed by atoms with E-state index >= 15 is 0 Å². The van der Waals surface area contributed by atoms with Crippen molar-refractivity contribution in [2.75, 3.05) is 0 Å². The van der Waals surface area contributed by atoms with Gasteiger partial charge in [0.2, 0.25) is 0 Å². The first-order chi connectivity index (χ1) is 9.72. The largest absolute Gasteiger partial charge is 0.268 e. The van der Waals surface area contributed by atoms with Crippen molar-refractivity contribution >= 4 is 11.6 Å². The van der Waals surface area contributed by atoms with Crippen LogP contribution < -0.4 is 0 Å². The highest BCUT2D eigenvalue weighted by molar-refractivity contribution is 6.33. The number of rotatable bonds is 3. The molecule has 0 aliphatic rings. The van der Waals surface area contributed by atoms with Crippen molar-refractivity contribution in [1.29, 1.82) is 0 Å². The molecule has 3 heteroatoms. The number of hydrogen-bond acceptors (Lipinski definition) is 1. The molecule has 0 spiro atoms. The Balaban J connectivity index is 1.86. The van der Waals surface area contributed by atoms with Gasteiger partial charge in [-0.2, -0.15) is 5.10 Å². The van der Waals surface area contributed by atoms with Crippen molar-refractivity contribution < 1.29 is 0 Å². The van der Waals surface area contributed by atoms with Crippen molar-refractivity contribution in [3.05, 3.63) is 77.1 Å². The van der Waals surface area contributed by atoms with Crippen molar-refractivity contribution in [3.63, 3.8) is 0 Å². The second kappa shape index (κ2) is 5.51. The van der Waals surface area contributed by atoms with Gasteiger partial charge in [-0.3, -0.25) is 4.68 Å². The van der Waals surface area contributed by atoms with E-state index in [0.29, 0.717) is 0 Å². The molecular weight excluding hydrogens is 268 g/mol. The van der Waals surface area contributed by atoms with Crippen molar-refractivity contribution in [1.82, 2.24) is 9.78 Å². The van der Waals surface area contributed by atoms with Gasteiger partial charge >= 0.3 is 0 Å². The topological polar surface area (TPSA) is 17.8 Å². The predicted octanol–water partition coefficient (Wildman–Crippen LogP) is 4.56. The molecule has 0 saturated heterocycles. The van der Waals surface area contributed by atoms with Gasteiger partial charge in [-0.05, 0) is 18.6 Å². The molecule has 1 heterocycles. The molecular formula is C17H15ClN2. The lowest BCUT2D eigenvalue weighted by atomic mass is 10.1. The van der Waals surface area contributed by atoms with Crippen LogP contribution in [0.4, 0.5) is 0 Å². The van der Waals surface area contributed by atoms with Gasteiger partial charge in [0, 0.05) is 22.3 Å². The molecule has 0 bridgehead atoms. The molecule has 0 saturated carbocycles. The summed E-state index contributed by atoms with van der Waals surface area (Å²) >= 11 is 6.21. The van der Waals surface area contributed by atoms with Crippen LogP contribution in [0.15, 0.2) is 60.9 Å². The first kappa shape index (κ1) is 12.9. The van der Waals surface area contributed by atoms with Crippen LogP contribution in [-0.2, 0) is 6.54 Å². The van der Waals surface area contributed by atoms with E-state index in [9.17, 15) is 0 Å². The molecule has 1 aromatic heterocycles. The Morgan fingerprint density at radius 3 is 2.75 bits per heavy atom. The lowest BCUT2D eigenvalue weighted by molar-refractivity contribution is 0.686. The quantitative estimate of drug-likeness (QED) is 0.688. The Labute approximate surface area is 123 Å². The minimum atomic E-state index is 0.752. The van der Waals surface area contributed by atoms with Crippen LogP contribution in [0.2, 0.25) is 5.02 Å². The maximum atomic E-state index is 6.21. The third-order valence-electron chi connectivity index (χ3n) is 3.25. The second-order valence-corrected chi connectivity index (χ2v) is 5.30. The Morgan fingerprint density at radius 2 is 1.95 bits per heavy atom. The standard InChI is InChI=1S/C17H15ClN2/c1-13-5-4-6-14(9-13)11-20-12-15(10-19-20)16-7-2-3-8-17(16)18/h2-10,12H,11H2,1H3. The highest BCUT2D eigenvalue weighted by Crippen LogP contribution is 2.26. The molecule has 0 fully saturated rings. The maximum Gasteiger partial charge on any atom is 0.0659 e. The molecule has 2 aromatic carbocycles. The molecule has 100 valence electrons. The predicted molar refractivity (Wildman–Crippen MR) is 83.0 cm³/mol. The first-order valence-electron chi connectivity index (χ1n) is 6.55. The zero-order valence-corrected chi connectivity index (χ0v) is 12.0. The average molecular weight is 283 g/mol. The summed E-state index contributed by atoms with van der Waals surface area (Å²) in [6.07, 6.45) is 3.89. The van der Waals surface area contributed by atoms with E-state index in [2.05, 4.69) is 36.3 Å². The molecule has 0 N–H and O–H groups in total. The van der Waals surface area contributed by atoms with Gasteiger partial charge in [0.05, 0.1) is 12.7 Å². The normalized spacial score (nSPS) is 10.7. The molecule has 2 nitrogen and oxygen atoms in total. The number of nitrogens with zero attached hydrogens (tertiary/aromatic N) is 2. The highest BCUT2D eigenvalue weighted by Gasteiger charge is 2.05. The van der Waals surface area contributed by atoms with Crippen molar-refractivity contribution in [3.8, 4) is 11.1 Å². The number of aromatic nitrogens is 2. The number of hydrogen-bond donors (Lipinski definition) is 0. The summed E-state index contributed by atoms with van der Waals surface area (Å²) in [7, 11) is 0. The molecule has 3 aromatic rings. The SMILES string of the molecule is Cc1cccc(Cn2cc(-c3ccccc3Cl)cn2)c1. The van der Waals surface area contributed by atoms with E-state index in [4.69, 9.17) is 11.6 Å². The fourth-order valence-corrected chi connectivity index (χ4v) is 2.53. The van der Waals surface area contributed by atoms with Gasteiger partial charge in [-0.25, -0.2) is 0 Å². The third kappa shape index (κ3) is 2.75. The summed E-state index contributed by atoms with van der Waals surface area (Å²) in [6, 6.07) is 16.3. The molecule has 0 aliphatic heterocycles. The number of benzene rings is 2. The monoisotopic (exact) mass is 282 g/mol. The van der Waals surface area contributed by atoms with E-state index in [1.165, 1.54) is 11.1 Å². The van der Waals surface area contributed by atoms with E-state index in [-0.39, 0.29) is 0 Å². The van der Waals surface area contributed by atoms with Gasteiger partial charge in [-0.15, -0.1) is 0 Å². The molecule has 0 atom stereocenters. The van der Waals surface area contributed by atoms with Crippen molar-refractivity contribution in [2.24, 2.45) is 0 Å². The van der Waals surface area contributed by atoms with Gasteiger partial charge in [-0.1, -0.05) is 59.6 Å². The van der Waals surface area contributed by atoms with E-state index in [1.54, 1.807) is 0 Å². The Hall–Kier alpha value is -2.06. The summed E-state index contributed by atoms with van der Waals surface area (Å²) in [4.78, 5) is 0. The summed E-state index contributed by atoms with van der Waals surface area (Å²) in [5.41, 5.74) is 4.58. The summed E-state index contributed by atoms with van der Waals surface area (Å²) in [5, 5.41) is 5.17. The Bertz CT molecular complexity index is 731. The maximum absolute atomic E-state index is 6.21. The van der Waals surface area contributed by atoms with Crippen LogP contribution in [0.3, 0.4) is 0 Å². The van der Waals surface area contributed by atoms with Crippen molar-refractivity contribution in [2.45, 2.75) is 13.5 Å². The van der Waals surface area contributed by atoms with Crippen LogP contribution in [0.5, 0.6) is 0 Å². The van der Waals surface area contributed by atoms with Gasteiger partial charge in [0.1, 0.15) is 0 Å². The minimum Gasteiger partial charge on any atom is -0.268 e. The molecule has 20 heavy (non-hydrogen) atoms. The molecule has 0 radical (unpaired) electrons. The van der Waals surface area contributed by atoms with Crippen LogP contribution in [0.1, 0.15) is 11.1 Å². The smallest absolute Gasteiger partial charge is 0.0659 e. The summed E-state index contributed by atoms with van der Waals surface area (Å²) < 4.78 is 1.94. The zero-order valence-electron chi connectivity index (χ0n) is 11.3. The lowest BCUT2D eigenvalue weighted by Gasteiger charge is -2.03. The first-order valence-corrected chi connectivity index (χ1v) is 6.93. The van der Waals surface area contributed by atoms with Gasteiger partial charge in [0.15, 0.2) is 0 Å². The van der Waals surface area contributed by atoms with Crippen LogP contribution in [0.25, 0.3) is 11.1 Å². The van der Waals surface area contributed by atoms with Gasteiger partial charge in [0.25, 0.3) is 0 Å². The molecule has 0 aliphatic carbocycles. The van der Waals surface area contributed by atoms with Crippen LogP contribution in [-0.4, -0.2) is 9.78 Å². The number of aryl methyl sites for hydroxylation is 1. The molecule has 0 amide bonds. The van der Waals surface area contributed by atoms with E-state index in [0.717, 1.165) is 22.7 Å². The van der Waals surface area contributed by atoms with Gasteiger partial charge < -0.3 is 0 Å². The van der Waals surface area contributed by atoms with Crippen LogP contribution in [0, 0.1) is 6.92 Å². The Morgan fingerprint density at radius 1 is 1.10 bits per heavy atom. The second-order valence-electron chi connectivity index (χ2n) is 4.90. The van der Waals surface area contributed by atoms with E-state index < -0.39 is 0 Å². The number of halogens is 1. The average Bonchev–Trinajstić information content (AvgIpc) is 2.87. The van der Waals surface area contributed by atoms with Crippen LogP contribution >= 0.6 is 11.6 Å². The zero-order chi connectivity index (χ0) is 13.9. The fourth-order valence-electron chi connectivity index (χ4n) is 2.28. The fraction of sp³-hybridized carbons (Fsp3) is 0.118. The molecule has 3 rings (SSSR count). The lowest BCUT2D eigenvalue weighted by Crippen LogP contribution is -1.99. The van der Waals surface area contributed by atoms with E-state index in [1.807, 2.05) is 41.3 Å².